The van der Waals surface area contributed by atoms with E-state index in [1.54, 1.807) is 17.1 Å². The van der Waals surface area contributed by atoms with Crippen LogP contribution in [0.15, 0.2) is 48.8 Å². The van der Waals surface area contributed by atoms with Gasteiger partial charge in [0.05, 0.1) is 35.0 Å². The number of nitrogens with zero attached hydrogens (tertiary/aromatic N) is 5. The molecular formula is C22H25ClN6O. The van der Waals surface area contributed by atoms with Crippen molar-refractivity contribution >= 4 is 29.0 Å². The molecule has 3 aromatic rings. The highest BCUT2D eigenvalue weighted by Gasteiger charge is 2.19. The number of halogens is 1. The average Bonchev–Trinajstić information content (AvgIpc) is 3.19. The third-order valence-electron chi connectivity index (χ3n) is 5.33. The van der Waals surface area contributed by atoms with Gasteiger partial charge in [0, 0.05) is 31.2 Å². The first-order valence-electron chi connectivity index (χ1n) is 10.1. The van der Waals surface area contributed by atoms with Gasteiger partial charge in [-0.1, -0.05) is 24.6 Å². The Morgan fingerprint density at radius 3 is 2.60 bits per heavy atom. The van der Waals surface area contributed by atoms with E-state index >= 15 is 0 Å². The molecule has 1 aliphatic rings. The van der Waals surface area contributed by atoms with Crippen molar-refractivity contribution in [1.29, 1.82) is 0 Å². The van der Waals surface area contributed by atoms with Gasteiger partial charge in [0.25, 0.3) is 5.91 Å². The van der Waals surface area contributed by atoms with Crippen LogP contribution in [0.4, 0.5) is 11.5 Å². The Bertz CT molecular complexity index is 1020. The summed E-state index contributed by atoms with van der Waals surface area (Å²) in [5.74, 6) is 0.735. The Morgan fingerprint density at radius 2 is 1.93 bits per heavy atom. The molecule has 8 heteroatoms. The first kappa shape index (κ1) is 20.4. The van der Waals surface area contributed by atoms with Gasteiger partial charge in [0.2, 0.25) is 0 Å². The summed E-state index contributed by atoms with van der Waals surface area (Å²) in [6.45, 7) is 5.96. The van der Waals surface area contributed by atoms with Gasteiger partial charge in [-0.05, 0) is 43.8 Å². The van der Waals surface area contributed by atoms with E-state index in [9.17, 15) is 4.79 Å². The lowest BCUT2D eigenvalue weighted by atomic mass is 10.2. The van der Waals surface area contributed by atoms with Crippen molar-refractivity contribution in [2.45, 2.75) is 13.3 Å². The fourth-order valence-electron chi connectivity index (χ4n) is 3.62. The zero-order valence-corrected chi connectivity index (χ0v) is 17.9. The first-order chi connectivity index (χ1) is 14.5. The number of anilines is 2. The van der Waals surface area contributed by atoms with Crippen molar-refractivity contribution < 1.29 is 4.79 Å². The molecule has 2 aromatic heterocycles. The number of nitrogens with one attached hydrogen (secondary N) is 1. The Labute approximate surface area is 181 Å². The molecule has 1 aliphatic heterocycles. The van der Waals surface area contributed by atoms with Crippen molar-refractivity contribution in [3.05, 3.63) is 65.1 Å². The summed E-state index contributed by atoms with van der Waals surface area (Å²) in [6.07, 6.45) is 3.97. The van der Waals surface area contributed by atoms with E-state index in [1.165, 1.54) is 0 Å². The van der Waals surface area contributed by atoms with Gasteiger partial charge in [-0.15, -0.1) is 0 Å². The Hall–Kier alpha value is -2.90. The smallest absolute Gasteiger partial charge is 0.259 e. The highest BCUT2D eigenvalue weighted by Crippen LogP contribution is 2.21. The third-order valence-corrected chi connectivity index (χ3v) is 5.57. The summed E-state index contributed by atoms with van der Waals surface area (Å²) < 4.78 is 1.76. The van der Waals surface area contributed by atoms with Gasteiger partial charge in [-0.3, -0.25) is 4.79 Å². The van der Waals surface area contributed by atoms with E-state index in [4.69, 9.17) is 11.6 Å². The van der Waals surface area contributed by atoms with Crippen molar-refractivity contribution in [3.63, 3.8) is 0 Å². The molecule has 0 bridgehead atoms. The second kappa shape index (κ2) is 8.85. The third kappa shape index (κ3) is 4.32. The van der Waals surface area contributed by atoms with Crippen LogP contribution in [0.3, 0.4) is 0 Å². The standard InChI is InChI=1S/C22H25ClN6O/c1-3-20-19(15-25-29(20)18-6-4-5-16(23)13-18)22(30)26-17-7-8-21(24-14-17)28-11-9-27(2)10-12-28/h4-8,13-15H,3,9-12H2,1-2H3,(H,26,30). The molecule has 1 N–H and O–H groups in total. The zero-order chi connectivity index (χ0) is 21.1. The number of hydrogen-bond donors (Lipinski definition) is 1. The monoisotopic (exact) mass is 424 g/mol. The Balaban J connectivity index is 1.49. The molecule has 4 rings (SSSR count). The summed E-state index contributed by atoms with van der Waals surface area (Å²) in [4.78, 5) is 22.0. The Morgan fingerprint density at radius 1 is 1.13 bits per heavy atom. The number of hydrogen-bond acceptors (Lipinski definition) is 5. The molecule has 0 spiro atoms. The number of amides is 1. The number of rotatable bonds is 5. The van der Waals surface area contributed by atoms with Gasteiger partial charge in [-0.2, -0.15) is 5.10 Å². The summed E-state index contributed by atoms with van der Waals surface area (Å²) in [5, 5.41) is 7.98. The van der Waals surface area contributed by atoms with Crippen LogP contribution in [0.2, 0.25) is 5.02 Å². The number of carbonyl (C=O) groups excluding carboxylic acids is 1. The predicted molar refractivity (Wildman–Crippen MR) is 120 cm³/mol. The van der Waals surface area contributed by atoms with Crippen LogP contribution in [-0.4, -0.2) is 58.8 Å². The normalized spacial score (nSPS) is 14.7. The maximum atomic E-state index is 12.9. The number of likely N-dealkylation sites (N-methyl/N-ethyl adjacent to an activating group) is 1. The van der Waals surface area contributed by atoms with E-state index in [0.29, 0.717) is 22.7 Å². The van der Waals surface area contributed by atoms with Crippen LogP contribution in [0.5, 0.6) is 0 Å². The fraction of sp³-hybridized carbons (Fsp3) is 0.318. The van der Waals surface area contributed by atoms with Crippen molar-refractivity contribution in [2.75, 3.05) is 43.4 Å². The lowest BCUT2D eigenvalue weighted by molar-refractivity contribution is 0.102. The SMILES string of the molecule is CCc1c(C(=O)Nc2ccc(N3CCN(C)CC3)nc2)cnn1-c1cccc(Cl)c1. The molecule has 1 amide bonds. The molecule has 3 heterocycles. The predicted octanol–water partition coefficient (Wildman–Crippen LogP) is 3.49. The fourth-order valence-corrected chi connectivity index (χ4v) is 3.80. The minimum Gasteiger partial charge on any atom is -0.354 e. The molecule has 1 fully saturated rings. The summed E-state index contributed by atoms with van der Waals surface area (Å²) >= 11 is 6.11. The zero-order valence-electron chi connectivity index (χ0n) is 17.2. The number of benzene rings is 1. The number of carbonyl (C=O) groups is 1. The summed E-state index contributed by atoms with van der Waals surface area (Å²) in [5.41, 5.74) is 2.87. The van der Waals surface area contributed by atoms with Crippen molar-refractivity contribution in [2.24, 2.45) is 0 Å². The maximum Gasteiger partial charge on any atom is 0.259 e. The lowest BCUT2D eigenvalue weighted by Gasteiger charge is -2.33. The van der Waals surface area contributed by atoms with E-state index in [-0.39, 0.29) is 5.91 Å². The molecule has 156 valence electrons. The number of aromatic nitrogens is 3. The van der Waals surface area contributed by atoms with Gasteiger partial charge in [0.1, 0.15) is 5.82 Å². The molecule has 0 unspecified atom stereocenters. The van der Waals surface area contributed by atoms with Crippen LogP contribution in [-0.2, 0) is 6.42 Å². The highest BCUT2D eigenvalue weighted by molar-refractivity contribution is 6.30. The van der Waals surface area contributed by atoms with Crippen LogP contribution in [0, 0.1) is 0 Å². The molecule has 1 saturated heterocycles. The van der Waals surface area contributed by atoms with E-state index in [2.05, 4.69) is 32.2 Å². The molecule has 0 saturated carbocycles. The topological polar surface area (TPSA) is 66.3 Å². The first-order valence-corrected chi connectivity index (χ1v) is 10.5. The lowest BCUT2D eigenvalue weighted by Crippen LogP contribution is -2.44. The number of pyridine rings is 1. The van der Waals surface area contributed by atoms with Crippen molar-refractivity contribution in [1.82, 2.24) is 19.7 Å². The van der Waals surface area contributed by atoms with Crippen LogP contribution in [0.25, 0.3) is 5.69 Å². The molecule has 0 radical (unpaired) electrons. The van der Waals surface area contributed by atoms with Crippen LogP contribution < -0.4 is 10.2 Å². The molecule has 7 nitrogen and oxygen atoms in total. The molecule has 1 aromatic carbocycles. The van der Waals surface area contributed by atoms with Gasteiger partial charge < -0.3 is 15.1 Å². The summed E-state index contributed by atoms with van der Waals surface area (Å²) in [7, 11) is 2.13. The van der Waals surface area contributed by atoms with Crippen LogP contribution in [0.1, 0.15) is 23.0 Å². The molecule has 0 aliphatic carbocycles. The largest absolute Gasteiger partial charge is 0.354 e. The maximum absolute atomic E-state index is 12.9. The van der Waals surface area contributed by atoms with E-state index in [0.717, 1.165) is 43.4 Å². The van der Waals surface area contributed by atoms with Gasteiger partial charge in [0.15, 0.2) is 0 Å². The quantitative estimate of drug-likeness (QED) is 0.679. The minimum atomic E-state index is -0.200. The van der Waals surface area contributed by atoms with E-state index in [1.807, 2.05) is 43.3 Å². The number of piperazine rings is 1. The van der Waals surface area contributed by atoms with Crippen LogP contribution >= 0.6 is 11.6 Å². The Kier molecular flexibility index (Phi) is 6.01. The minimum absolute atomic E-state index is 0.200. The average molecular weight is 425 g/mol. The second-order valence-corrected chi connectivity index (χ2v) is 7.84. The molecule has 0 atom stereocenters. The van der Waals surface area contributed by atoms with Gasteiger partial charge >= 0.3 is 0 Å². The molecule has 30 heavy (non-hydrogen) atoms. The molecular weight excluding hydrogens is 400 g/mol. The highest BCUT2D eigenvalue weighted by atomic mass is 35.5. The second-order valence-electron chi connectivity index (χ2n) is 7.40. The van der Waals surface area contributed by atoms with Gasteiger partial charge in [-0.25, -0.2) is 9.67 Å². The van der Waals surface area contributed by atoms with Crippen molar-refractivity contribution in [3.8, 4) is 5.69 Å². The summed E-state index contributed by atoms with van der Waals surface area (Å²) in [6, 6.07) is 11.3. The van der Waals surface area contributed by atoms with E-state index < -0.39 is 0 Å².